The maximum atomic E-state index is 3.86. The van der Waals surface area contributed by atoms with Crippen molar-refractivity contribution in [2.24, 2.45) is 11.3 Å². The summed E-state index contributed by atoms with van der Waals surface area (Å²) >= 11 is 0. The van der Waals surface area contributed by atoms with Crippen LogP contribution in [0.15, 0.2) is 24.3 Å². The van der Waals surface area contributed by atoms with Crippen LogP contribution in [0.4, 0.5) is 0 Å². The molecule has 70 valence electrons. The summed E-state index contributed by atoms with van der Waals surface area (Å²) in [5, 5.41) is 0. The van der Waals surface area contributed by atoms with Gasteiger partial charge >= 0.3 is 0 Å². The van der Waals surface area contributed by atoms with E-state index in [0.717, 1.165) is 5.57 Å². The zero-order valence-corrected chi connectivity index (χ0v) is 9.15. The minimum absolute atomic E-state index is 0.376. The van der Waals surface area contributed by atoms with E-state index in [1.54, 1.807) is 0 Å². The van der Waals surface area contributed by atoms with Crippen LogP contribution in [0.5, 0.6) is 0 Å². The van der Waals surface area contributed by atoms with E-state index in [2.05, 4.69) is 46.4 Å². The maximum absolute atomic E-state index is 3.86. The van der Waals surface area contributed by atoms with Crippen molar-refractivity contribution in [2.45, 2.75) is 41.0 Å². The van der Waals surface area contributed by atoms with Crippen LogP contribution in [0.3, 0.4) is 0 Å². The molecule has 0 saturated carbocycles. The van der Waals surface area contributed by atoms with Crippen molar-refractivity contribution in [3.8, 4) is 0 Å². The average molecular weight is 166 g/mol. The Morgan fingerprint density at radius 3 is 2.17 bits per heavy atom. The molecule has 0 spiro atoms. The molecule has 1 atom stereocenters. The molecule has 0 aromatic carbocycles. The molecular weight excluding hydrogens is 144 g/mol. The lowest BCUT2D eigenvalue weighted by molar-refractivity contribution is 0.286. The minimum Gasteiger partial charge on any atom is -0.0961 e. The Morgan fingerprint density at radius 1 is 1.42 bits per heavy atom. The highest BCUT2D eigenvalue weighted by Gasteiger charge is 2.19. The molecule has 0 N–H and O–H groups in total. The normalized spacial score (nSPS) is 15.1. The average Bonchev–Trinajstić information content (AvgIpc) is 1.85. The van der Waals surface area contributed by atoms with Crippen molar-refractivity contribution < 1.29 is 0 Å². The summed E-state index contributed by atoms with van der Waals surface area (Å²) in [6, 6.07) is 0. The first-order chi connectivity index (χ1) is 5.38. The van der Waals surface area contributed by atoms with Gasteiger partial charge in [-0.15, -0.1) is 0 Å². The fourth-order valence-corrected chi connectivity index (χ4v) is 1.32. The van der Waals surface area contributed by atoms with E-state index in [9.17, 15) is 0 Å². The summed E-state index contributed by atoms with van der Waals surface area (Å²) in [6.45, 7) is 15.0. The van der Waals surface area contributed by atoms with Crippen molar-refractivity contribution >= 4 is 0 Å². The molecule has 0 aromatic heterocycles. The van der Waals surface area contributed by atoms with Gasteiger partial charge in [0.1, 0.15) is 0 Å². The number of hydrogen-bond donors (Lipinski definition) is 0. The monoisotopic (exact) mass is 166 g/mol. The van der Waals surface area contributed by atoms with Crippen molar-refractivity contribution in [1.82, 2.24) is 0 Å². The van der Waals surface area contributed by atoms with E-state index in [0.29, 0.717) is 11.3 Å². The molecule has 0 heteroatoms. The van der Waals surface area contributed by atoms with E-state index in [-0.39, 0.29) is 0 Å². The molecule has 0 aliphatic rings. The van der Waals surface area contributed by atoms with E-state index < -0.39 is 0 Å². The van der Waals surface area contributed by atoms with Gasteiger partial charge < -0.3 is 0 Å². The van der Waals surface area contributed by atoms with E-state index in [1.165, 1.54) is 6.42 Å². The molecule has 0 amide bonds. The van der Waals surface area contributed by atoms with Crippen molar-refractivity contribution in [3.63, 3.8) is 0 Å². The Kier molecular flexibility index (Phi) is 4.30. The highest BCUT2D eigenvalue weighted by Crippen LogP contribution is 2.29. The molecule has 0 aliphatic carbocycles. The summed E-state index contributed by atoms with van der Waals surface area (Å²) in [5.41, 5.74) is 1.51. The maximum Gasteiger partial charge on any atom is -0.0184 e. The summed E-state index contributed by atoms with van der Waals surface area (Å²) in [5.74, 6) is 0.661. The first kappa shape index (κ1) is 11.5. The smallest absolute Gasteiger partial charge is 0.0184 e. The van der Waals surface area contributed by atoms with Crippen LogP contribution in [-0.2, 0) is 0 Å². The third-order valence-corrected chi connectivity index (χ3v) is 2.17. The molecule has 12 heavy (non-hydrogen) atoms. The molecule has 0 aromatic rings. The predicted octanol–water partition coefficient (Wildman–Crippen LogP) is 4.19. The van der Waals surface area contributed by atoms with Crippen LogP contribution in [0.2, 0.25) is 0 Å². The van der Waals surface area contributed by atoms with Gasteiger partial charge in [0.05, 0.1) is 0 Å². The van der Waals surface area contributed by atoms with Gasteiger partial charge in [0, 0.05) is 0 Å². The quantitative estimate of drug-likeness (QED) is 0.551. The zero-order chi connectivity index (χ0) is 9.78. The Labute approximate surface area is 77.4 Å². The third-order valence-electron chi connectivity index (χ3n) is 2.17. The second-order valence-electron chi connectivity index (χ2n) is 4.59. The lowest BCUT2D eigenvalue weighted by Gasteiger charge is -2.26. The van der Waals surface area contributed by atoms with Crippen molar-refractivity contribution in [3.05, 3.63) is 24.3 Å². The van der Waals surface area contributed by atoms with Gasteiger partial charge in [-0.3, -0.25) is 0 Å². The molecule has 0 saturated heterocycles. The summed E-state index contributed by atoms with van der Waals surface area (Å²) in [4.78, 5) is 0. The molecule has 1 unspecified atom stereocenters. The van der Waals surface area contributed by atoms with E-state index in [4.69, 9.17) is 0 Å². The lowest BCUT2D eigenvalue weighted by Crippen LogP contribution is -2.17. The highest BCUT2D eigenvalue weighted by atomic mass is 14.2. The summed E-state index contributed by atoms with van der Waals surface area (Å²) in [6.07, 6.45) is 5.61. The molecule has 0 aliphatic heterocycles. The van der Waals surface area contributed by atoms with Crippen LogP contribution in [-0.4, -0.2) is 0 Å². The SMILES string of the molecule is C=C(C)/C=C\C(CC)C(C)(C)C. The van der Waals surface area contributed by atoms with Gasteiger partial charge in [0.25, 0.3) is 0 Å². The second kappa shape index (κ2) is 4.49. The molecule has 0 rings (SSSR count). The zero-order valence-electron chi connectivity index (χ0n) is 9.15. The standard InChI is InChI=1S/C12H22/c1-7-11(12(4,5)6)9-8-10(2)3/h8-9,11H,2,7H2,1,3-6H3/b9-8-. The molecule has 0 radical (unpaired) electrons. The van der Waals surface area contributed by atoms with Crippen LogP contribution in [0.25, 0.3) is 0 Å². The second-order valence-corrected chi connectivity index (χ2v) is 4.59. The number of allylic oxidation sites excluding steroid dienone is 3. The lowest BCUT2D eigenvalue weighted by atomic mass is 9.79. The minimum atomic E-state index is 0.376. The molecular formula is C12H22. The fourth-order valence-electron chi connectivity index (χ4n) is 1.32. The van der Waals surface area contributed by atoms with Gasteiger partial charge in [-0.2, -0.15) is 0 Å². The Balaban J connectivity index is 4.28. The van der Waals surface area contributed by atoms with Crippen molar-refractivity contribution in [2.75, 3.05) is 0 Å². The van der Waals surface area contributed by atoms with Crippen LogP contribution in [0, 0.1) is 11.3 Å². The van der Waals surface area contributed by atoms with Gasteiger partial charge in [-0.1, -0.05) is 52.0 Å². The largest absolute Gasteiger partial charge is 0.0961 e. The number of hydrogen-bond acceptors (Lipinski definition) is 0. The fraction of sp³-hybridized carbons (Fsp3) is 0.667. The van der Waals surface area contributed by atoms with Crippen LogP contribution >= 0.6 is 0 Å². The van der Waals surface area contributed by atoms with E-state index in [1.807, 2.05) is 6.92 Å². The van der Waals surface area contributed by atoms with Crippen LogP contribution in [0.1, 0.15) is 41.0 Å². The molecule has 0 nitrogen and oxygen atoms in total. The van der Waals surface area contributed by atoms with Gasteiger partial charge in [0.2, 0.25) is 0 Å². The van der Waals surface area contributed by atoms with Crippen molar-refractivity contribution in [1.29, 1.82) is 0 Å². The van der Waals surface area contributed by atoms with Crippen LogP contribution < -0.4 is 0 Å². The Bertz CT molecular complexity index is 167. The first-order valence-electron chi connectivity index (χ1n) is 4.71. The first-order valence-corrected chi connectivity index (χ1v) is 4.71. The third kappa shape index (κ3) is 4.38. The van der Waals surface area contributed by atoms with Gasteiger partial charge in [-0.25, -0.2) is 0 Å². The molecule has 0 heterocycles. The Morgan fingerprint density at radius 2 is 1.92 bits per heavy atom. The highest BCUT2D eigenvalue weighted by molar-refractivity contribution is 5.12. The topological polar surface area (TPSA) is 0 Å². The Hall–Kier alpha value is -0.520. The molecule has 0 bridgehead atoms. The van der Waals surface area contributed by atoms with Gasteiger partial charge in [-0.05, 0) is 24.7 Å². The summed E-state index contributed by atoms with van der Waals surface area (Å²) < 4.78 is 0. The number of rotatable bonds is 3. The molecule has 0 fully saturated rings. The van der Waals surface area contributed by atoms with Gasteiger partial charge in [0.15, 0.2) is 0 Å². The summed E-state index contributed by atoms with van der Waals surface area (Å²) in [7, 11) is 0. The predicted molar refractivity (Wildman–Crippen MR) is 57.2 cm³/mol. The van der Waals surface area contributed by atoms with E-state index >= 15 is 0 Å².